The Balaban J connectivity index is 2.25. The lowest BCUT2D eigenvalue weighted by Crippen LogP contribution is -2.12. The highest BCUT2D eigenvalue weighted by Crippen LogP contribution is 2.26. The molecule has 0 saturated heterocycles. The third kappa shape index (κ3) is 3.33. The molecule has 0 saturated carbocycles. The molecule has 0 aliphatic carbocycles. The molecule has 1 amide bonds. The zero-order chi connectivity index (χ0) is 14.0. The average molecular weight is 388 g/mol. The number of hydrogen-bond acceptors (Lipinski definition) is 2. The van der Waals surface area contributed by atoms with Crippen molar-refractivity contribution < 1.29 is 9.18 Å². The molecule has 0 unspecified atom stereocenters. The summed E-state index contributed by atoms with van der Waals surface area (Å²) < 4.78 is 14.9. The normalized spacial score (nSPS) is 10.3. The molecule has 0 bridgehead atoms. The second-order valence-electron chi connectivity index (χ2n) is 3.81. The van der Waals surface area contributed by atoms with Gasteiger partial charge in [-0.25, -0.2) is 4.39 Å². The van der Waals surface area contributed by atoms with E-state index in [1.807, 2.05) is 6.07 Å². The summed E-state index contributed by atoms with van der Waals surface area (Å²) in [6, 6.07) is 9.32. The smallest absolute Gasteiger partial charge is 0.255 e. The third-order valence-corrected chi connectivity index (χ3v) is 3.62. The summed E-state index contributed by atoms with van der Waals surface area (Å²) in [6.45, 7) is 0. The first-order chi connectivity index (χ1) is 8.97. The van der Waals surface area contributed by atoms with Crippen molar-refractivity contribution in [2.45, 2.75) is 0 Å². The highest BCUT2D eigenvalue weighted by Gasteiger charge is 2.10. The minimum absolute atomic E-state index is 0.0141. The van der Waals surface area contributed by atoms with Gasteiger partial charge in [-0.1, -0.05) is 15.9 Å². The Morgan fingerprint density at radius 1 is 1.16 bits per heavy atom. The summed E-state index contributed by atoms with van der Waals surface area (Å²) in [6.07, 6.45) is 0. The van der Waals surface area contributed by atoms with Gasteiger partial charge in [-0.3, -0.25) is 4.79 Å². The lowest BCUT2D eigenvalue weighted by atomic mass is 10.2. The first kappa shape index (κ1) is 14.0. The van der Waals surface area contributed by atoms with E-state index in [1.165, 1.54) is 12.1 Å². The zero-order valence-corrected chi connectivity index (χ0v) is 12.8. The number of nitrogens with two attached hydrogens (primary N) is 1. The second-order valence-corrected chi connectivity index (χ2v) is 5.58. The second kappa shape index (κ2) is 5.71. The molecule has 2 aromatic rings. The largest absolute Gasteiger partial charge is 0.396 e. The van der Waals surface area contributed by atoms with Crippen molar-refractivity contribution in [1.82, 2.24) is 0 Å². The summed E-state index contributed by atoms with van der Waals surface area (Å²) in [4.78, 5) is 12.0. The lowest BCUT2D eigenvalue weighted by molar-refractivity contribution is 0.102. The molecule has 2 rings (SSSR count). The Labute approximate surface area is 126 Å². The van der Waals surface area contributed by atoms with E-state index in [1.54, 1.807) is 12.1 Å². The molecule has 0 aliphatic rings. The molecule has 0 heterocycles. The highest BCUT2D eigenvalue weighted by atomic mass is 79.9. The summed E-state index contributed by atoms with van der Waals surface area (Å²) in [5, 5.41) is 2.69. The molecule has 0 radical (unpaired) electrons. The predicted molar refractivity (Wildman–Crippen MR) is 80.6 cm³/mol. The van der Waals surface area contributed by atoms with Gasteiger partial charge in [0.25, 0.3) is 5.91 Å². The molecule has 6 heteroatoms. The van der Waals surface area contributed by atoms with Crippen LogP contribution in [0.15, 0.2) is 45.3 Å². The highest BCUT2D eigenvalue weighted by molar-refractivity contribution is 9.11. The number of nitrogen functional groups attached to an aromatic ring is 1. The van der Waals surface area contributed by atoms with Crippen LogP contribution < -0.4 is 11.1 Å². The molecule has 2 aromatic carbocycles. The molecule has 0 aliphatic heterocycles. The van der Waals surface area contributed by atoms with E-state index in [4.69, 9.17) is 5.73 Å². The topological polar surface area (TPSA) is 55.1 Å². The summed E-state index contributed by atoms with van der Waals surface area (Å²) in [7, 11) is 0. The Hall–Kier alpha value is -1.40. The molecule has 3 nitrogen and oxygen atoms in total. The Kier molecular flexibility index (Phi) is 4.21. The quantitative estimate of drug-likeness (QED) is 0.759. The maximum atomic E-state index is 13.3. The van der Waals surface area contributed by atoms with Crippen LogP contribution in [0.25, 0.3) is 0 Å². The van der Waals surface area contributed by atoms with E-state index in [-0.39, 0.29) is 11.3 Å². The molecule has 98 valence electrons. The van der Waals surface area contributed by atoms with Crippen LogP contribution in [0.4, 0.5) is 15.8 Å². The Morgan fingerprint density at radius 2 is 1.89 bits per heavy atom. The number of hydrogen-bond donors (Lipinski definition) is 2. The van der Waals surface area contributed by atoms with Crippen molar-refractivity contribution in [2.75, 3.05) is 11.1 Å². The van der Waals surface area contributed by atoms with E-state index in [0.29, 0.717) is 5.69 Å². The van der Waals surface area contributed by atoms with Crippen LogP contribution in [0.2, 0.25) is 0 Å². The molecular weight excluding hydrogens is 379 g/mol. The number of anilines is 2. The SMILES string of the molecule is Nc1ccc(C(=O)Nc2cc(Br)ccc2Br)cc1F. The molecule has 0 fully saturated rings. The Bertz CT molecular complexity index is 647. The van der Waals surface area contributed by atoms with Crippen LogP contribution in [0, 0.1) is 5.82 Å². The maximum Gasteiger partial charge on any atom is 0.255 e. The molecule has 3 N–H and O–H groups in total. The number of carbonyl (C=O) groups excluding carboxylic acids is 1. The van der Waals surface area contributed by atoms with Crippen molar-refractivity contribution in [1.29, 1.82) is 0 Å². The first-order valence-corrected chi connectivity index (χ1v) is 6.87. The molecule has 0 aromatic heterocycles. The van der Waals surface area contributed by atoms with Crippen LogP contribution in [0.5, 0.6) is 0 Å². The van der Waals surface area contributed by atoms with Crippen LogP contribution >= 0.6 is 31.9 Å². The van der Waals surface area contributed by atoms with E-state index >= 15 is 0 Å². The number of amides is 1. The van der Waals surface area contributed by atoms with Crippen LogP contribution in [0.1, 0.15) is 10.4 Å². The van der Waals surface area contributed by atoms with Gasteiger partial charge >= 0.3 is 0 Å². The summed E-state index contributed by atoms with van der Waals surface area (Å²) >= 11 is 6.64. The predicted octanol–water partition coefficient (Wildman–Crippen LogP) is 4.19. The van der Waals surface area contributed by atoms with Crippen LogP contribution in [-0.4, -0.2) is 5.91 Å². The molecule has 0 spiro atoms. The summed E-state index contributed by atoms with van der Waals surface area (Å²) in [5.74, 6) is -1.02. The standard InChI is InChI=1S/C13H9Br2FN2O/c14-8-2-3-9(15)12(6-8)18-13(19)7-1-4-11(17)10(16)5-7/h1-6H,17H2,(H,18,19). The van der Waals surface area contributed by atoms with Crippen molar-refractivity contribution in [3.63, 3.8) is 0 Å². The lowest BCUT2D eigenvalue weighted by Gasteiger charge is -2.08. The van der Waals surface area contributed by atoms with Gasteiger partial charge in [0.05, 0.1) is 11.4 Å². The van der Waals surface area contributed by atoms with E-state index in [0.717, 1.165) is 15.0 Å². The number of nitrogens with one attached hydrogen (secondary N) is 1. The monoisotopic (exact) mass is 386 g/mol. The molecule has 0 atom stereocenters. The van der Waals surface area contributed by atoms with Crippen molar-refractivity contribution in [2.24, 2.45) is 0 Å². The third-order valence-electron chi connectivity index (χ3n) is 2.44. The fourth-order valence-electron chi connectivity index (χ4n) is 1.46. The van der Waals surface area contributed by atoms with Gasteiger partial charge in [0.1, 0.15) is 5.82 Å². The van der Waals surface area contributed by atoms with Gasteiger partial charge in [0.2, 0.25) is 0 Å². The zero-order valence-electron chi connectivity index (χ0n) is 9.58. The molecular formula is C13H9Br2FN2O. The maximum absolute atomic E-state index is 13.3. The number of benzene rings is 2. The van der Waals surface area contributed by atoms with Gasteiger partial charge in [-0.2, -0.15) is 0 Å². The number of rotatable bonds is 2. The van der Waals surface area contributed by atoms with E-state index in [2.05, 4.69) is 37.2 Å². The van der Waals surface area contributed by atoms with Crippen LogP contribution in [-0.2, 0) is 0 Å². The first-order valence-electron chi connectivity index (χ1n) is 5.29. The minimum atomic E-state index is -0.610. The Morgan fingerprint density at radius 3 is 2.58 bits per heavy atom. The number of halogens is 3. The van der Waals surface area contributed by atoms with E-state index < -0.39 is 11.7 Å². The fourth-order valence-corrected chi connectivity index (χ4v) is 2.16. The van der Waals surface area contributed by atoms with E-state index in [9.17, 15) is 9.18 Å². The number of carbonyl (C=O) groups is 1. The van der Waals surface area contributed by atoms with Gasteiger partial charge in [0.15, 0.2) is 0 Å². The van der Waals surface area contributed by atoms with Gasteiger partial charge in [-0.05, 0) is 52.3 Å². The van der Waals surface area contributed by atoms with Crippen LogP contribution in [0.3, 0.4) is 0 Å². The fraction of sp³-hybridized carbons (Fsp3) is 0. The van der Waals surface area contributed by atoms with Crippen molar-refractivity contribution in [3.05, 3.63) is 56.7 Å². The molecule has 19 heavy (non-hydrogen) atoms. The van der Waals surface area contributed by atoms with Gasteiger partial charge in [-0.15, -0.1) is 0 Å². The summed E-state index contributed by atoms with van der Waals surface area (Å²) in [5.41, 5.74) is 6.18. The van der Waals surface area contributed by atoms with Gasteiger partial charge < -0.3 is 11.1 Å². The van der Waals surface area contributed by atoms with Crippen molar-refractivity contribution >= 4 is 49.1 Å². The van der Waals surface area contributed by atoms with Gasteiger partial charge in [0, 0.05) is 14.5 Å². The minimum Gasteiger partial charge on any atom is -0.396 e. The average Bonchev–Trinajstić information content (AvgIpc) is 2.37. The van der Waals surface area contributed by atoms with Crippen molar-refractivity contribution in [3.8, 4) is 0 Å².